The highest BCUT2D eigenvalue weighted by atomic mass is 32.2. The number of carboxylic acid groups (broad SMARTS) is 1. The van der Waals surface area contributed by atoms with Crippen LogP contribution in [0.1, 0.15) is 26.7 Å². The average Bonchev–Trinajstić information content (AvgIpc) is 2.33. The largest absolute Gasteiger partial charge is 0.481 e. The van der Waals surface area contributed by atoms with E-state index in [-0.39, 0.29) is 6.42 Å². The van der Waals surface area contributed by atoms with E-state index in [4.69, 9.17) is 5.11 Å². The van der Waals surface area contributed by atoms with Crippen molar-refractivity contribution in [1.29, 1.82) is 0 Å². The third-order valence-electron chi connectivity index (χ3n) is 3.45. The van der Waals surface area contributed by atoms with Gasteiger partial charge in [-0.05, 0) is 25.5 Å². The molecule has 1 aliphatic rings. The van der Waals surface area contributed by atoms with E-state index < -0.39 is 5.97 Å². The summed E-state index contributed by atoms with van der Waals surface area (Å²) in [4.78, 5) is 14.3. The summed E-state index contributed by atoms with van der Waals surface area (Å²) >= 11 is 1.91. The van der Waals surface area contributed by atoms with Crippen molar-refractivity contribution in [3.05, 3.63) is 24.3 Å². The Morgan fingerprint density at radius 1 is 1.39 bits per heavy atom. The minimum absolute atomic E-state index is 0.243. The average molecular weight is 265 g/mol. The van der Waals surface area contributed by atoms with Gasteiger partial charge in [-0.1, -0.05) is 19.1 Å². The molecule has 0 aliphatic carbocycles. The second-order valence-electron chi connectivity index (χ2n) is 4.72. The molecule has 4 heteroatoms. The summed E-state index contributed by atoms with van der Waals surface area (Å²) in [5.41, 5.74) is 1.25. The molecule has 1 aromatic carbocycles. The zero-order chi connectivity index (χ0) is 13.1. The molecule has 0 saturated carbocycles. The molecule has 2 rings (SSSR count). The van der Waals surface area contributed by atoms with E-state index in [9.17, 15) is 4.79 Å². The lowest BCUT2D eigenvalue weighted by Gasteiger charge is -2.40. The van der Waals surface area contributed by atoms with Crippen LogP contribution in [0.4, 0.5) is 5.69 Å². The van der Waals surface area contributed by atoms with Gasteiger partial charge in [0.05, 0.1) is 5.69 Å². The van der Waals surface area contributed by atoms with Gasteiger partial charge in [-0.25, -0.2) is 0 Å². The van der Waals surface area contributed by atoms with E-state index in [0.717, 1.165) is 6.54 Å². The quantitative estimate of drug-likeness (QED) is 0.907. The van der Waals surface area contributed by atoms with E-state index in [0.29, 0.717) is 17.7 Å². The fraction of sp³-hybridized carbons (Fsp3) is 0.500. The number of hydrogen-bond acceptors (Lipinski definition) is 3. The van der Waals surface area contributed by atoms with Gasteiger partial charge in [0.15, 0.2) is 0 Å². The molecule has 0 amide bonds. The number of rotatable bonds is 4. The minimum atomic E-state index is -0.713. The Labute approximate surface area is 112 Å². The first-order valence-corrected chi connectivity index (χ1v) is 7.21. The van der Waals surface area contributed by atoms with Crippen LogP contribution >= 0.6 is 11.8 Å². The Bertz CT molecular complexity index is 436. The van der Waals surface area contributed by atoms with Crippen molar-refractivity contribution in [2.45, 2.75) is 42.9 Å². The number of anilines is 1. The highest BCUT2D eigenvalue weighted by Gasteiger charge is 2.28. The lowest BCUT2D eigenvalue weighted by molar-refractivity contribution is -0.137. The molecule has 18 heavy (non-hydrogen) atoms. The summed E-state index contributed by atoms with van der Waals surface area (Å²) in [6.07, 6.45) is 0.943. The molecule has 1 heterocycles. The smallest absolute Gasteiger partial charge is 0.303 e. The second kappa shape index (κ2) is 5.65. The Morgan fingerprint density at radius 3 is 2.83 bits per heavy atom. The van der Waals surface area contributed by atoms with E-state index in [1.807, 2.05) is 17.8 Å². The molecule has 0 radical (unpaired) electrons. The number of para-hydroxylation sites is 1. The van der Waals surface area contributed by atoms with Gasteiger partial charge in [0, 0.05) is 29.2 Å². The molecule has 1 aliphatic heterocycles. The Kier molecular flexibility index (Phi) is 4.17. The molecule has 98 valence electrons. The lowest BCUT2D eigenvalue weighted by atomic mass is 10.1. The predicted molar refractivity (Wildman–Crippen MR) is 75.4 cm³/mol. The number of aliphatic carboxylic acids is 1. The van der Waals surface area contributed by atoms with Crippen LogP contribution in [0.25, 0.3) is 0 Å². The van der Waals surface area contributed by atoms with E-state index in [1.54, 1.807) is 0 Å². The molecule has 0 saturated heterocycles. The van der Waals surface area contributed by atoms with Crippen molar-refractivity contribution in [2.24, 2.45) is 0 Å². The number of hydrogen-bond donors (Lipinski definition) is 1. The molecule has 2 atom stereocenters. The Morgan fingerprint density at radius 2 is 2.11 bits per heavy atom. The van der Waals surface area contributed by atoms with Crippen molar-refractivity contribution in [2.75, 3.05) is 11.4 Å². The first-order chi connectivity index (χ1) is 8.59. The third kappa shape index (κ3) is 2.80. The molecular formula is C14H19NO2S. The molecule has 0 bridgehead atoms. The maximum atomic E-state index is 10.6. The molecule has 1 N–H and O–H groups in total. The van der Waals surface area contributed by atoms with E-state index >= 15 is 0 Å². The molecule has 0 aromatic heterocycles. The fourth-order valence-electron chi connectivity index (χ4n) is 2.29. The predicted octanol–water partition coefficient (Wildman–Crippen LogP) is 3.24. The van der Waals surface area contributed by atoms with Crippen molar-refractivity contribution in [3.8, 4) is 0 Å². The number of carboxylic acids is 1. The van der Waals surface area contributed by atoms with Crippen LogP contribution in [0.2, 0.25) is 0 Å². The van der Waals surface area contributed by atoms with Crippen molar-refractivity contribution in [1.82, 2.24) is 0 Å². The van der Waals surface area contributed by atoms with Gasteiger partial charge in [0.1, 0.15) is 0 Å². The van der Waals surface area contributed by atoms with E-state index in [1.165, 1.54) is 10.6 Å². The summed E-state index contributed by atoms with van der Waals surface area (Å²) in [5, 5.41) is 9.27. The number of carbonyl (C=O) groups is 1. The normalized spacial score (nSPS) is 22.7. The van der Waals surface area contributed by atoms with Gasteiger partial charge in [-0.15, -0.1) is 11.8 Å². The van der Waals surface area contributed by atoms with Crippen LogP contribution in [0, 0.1) is 0 Å². The maximum Gasteiger partial charge on any atom is 0.303 e. The highest BCUT2D eigenvalue weighted by Crippen LogP contribution is 2.41. The topological polar surface area (TPSA) is 40.5 Å². The molecule has 2 unspecified atom stereocenters. The monoisotopic (exact) mass is 265 g/mol. The zero-order valence-electron chi connectivity index (χ0n) is 10.8. The van der Waals surface area contributed by atoms with Crippen LogP contribution in [0.15, 0.2) is 29.2 Å². The van der Waals surface area contributed by atoms with Gasteiger partial charge < -0.3 is 10.0 Å². The van der Waals surface area contributed by atoms with Gasteiger partial charge in [0.2, 0.25) is 0 Å². The summed E-state index contributed by atoms with van der Waals surface area (Å²) in [6, 6.07) is 8.83. The van der Waals surface area contributed by atoms with Crippen LogP contribution in [-0.2, 0) is 4.79 Å². The maximum absolute atomic E-state index is 10.6. The Balaban J connectivity index is 2.14. The molecule has 0 spiro atoms. The summed E-state index contributed by atoms with van der Waals surface area (Å²) in [7, 11) is 0. The van der Waals surface area contributed by atoms with E-state index in [2.05, 4.69) is 36.9 Å². The second-order valence-corrected chi connectivity index (χ2v) is 6.14. The molecule has 3 nitrogen and oxygen atoms in total. The number of benzene rings is 1. The summed E-state index contributed by atoms with van der Waals surface area (Å²) in [6.45, 7) is 5.26. The van der Waals surface area contributed by atoms with Gasteiger partial charge >= 0.3 is 5.97 Å². The summed E-state index contributed by atoms with van der Waals surface area (Å²) < 4.78 is 0. The SMILES string of the molecule is CC1Sc2ccccc2N(CCCC(=O)O)C1C. The Hall–Kier alpha value is -1.16. The van der Waals surface area contributed by atoms with Crippen LogP contribution < -0.4 is 4.90 Å². The standard InChI is InChI=1S/C14H19NO2S/c1-10-11(2)18-13-7-4-3-6-12(13)15(10)9-5-8-14(16)17/h3-4,6-7,10-11H,5,8-9H2,1-2H3,(H,16,17). The molecular weight excluding hydrogens is 246 g/mol. The zero-order valence-corrected chi connectivity index (χ0v) is 11.6. The minimum Gasteiger partial charge on any atom is -0.481 e. The highest BCUT2D eigenvalue weighted by molar-refractivity contribution is 8.00. The number of nitrogens with zero attached hydrogens (tertiary/aromatic N) is 1. The fourth-order valence-corrected chi connectivity index (χ4v) is 3.50. The van der Waals surface area contributed by atoms with Gasteiger partial charge in [-0.3, -0.25) is 4.79 Å². The number of fused-ring (bicyclic) bond motifs is 1. The van der Waals surface area contributed by atoms with Gasteiger partial charge in [-0.2, -0.15) is 0 Å². The van der Waals surface area contributed by atoms with Crippen LogP contribution in [0.5, 0.6) is 0 Å². The van der Waals surface area contributed by atoms with Crippen molar-refractivity contribution >= 4 is 23.4 Å². The lowest BCUT2D eigenvalue weighted by Crippen LogP contribution is -2.42. The van der Waals surface area contributed by atoms with Crippen LogP contribution in [0.3, 0.4) is 0 Å². The molecule has 0 fully saturated rings. The van der Waals surface area contributed by atoms with Crippen LogP contribution in [-0.4, -0.2) is 28.9 Å². The first kappa shape index (κ1) is 13.3. The van der Waals surface area contributed by atoms with Crippen molar-refractivity contribution in [3.63, 3.8) is 0 Å². The molecule has 1 aromatic rings. The number of thioether (sulfide) groups is 1. The summed E-state index contributed by atoms with van der Waals surface area (Å²) in [5.74, 6) is -0.713. The first-order valence-electron chi connectivity index (χ1n) is 6.33. The van der Waals surface area contributed by atoms with Gasteiger partial charge in [0.25, 0.3) is 0 Å². The third-order valence-corrected chi connectivity index (χ3v) is 4.81. The van der Waals surface area contributed by atoms with Crippen molar-refractivity contribution < 1.29 is 9.90 Å².